The predicted octanol–water partition coefficient (Wildman–Crippen LogP) is 9.86. The van der Waals surface area contributed by atoms with Crippen molar-refractivity contribution < 1.29 is 109 Å². The summed E-state index contributed by atoms with van der Waals surface area (Å²) >= 11 is 4.79. The predicted molar refractivity (Wildman–Crippen MR) is 338 cm³/mol. The molecule has 5 aromatic rings. The van der Waals surface area contributed by atoms with Crippen molar-refractivity contribution in [3.05, 3.63) is 188 Å². The van der Waals surface area contributed by atoms with E-state index in [1.54, 1.807) is 72.4 Å². The van der Waals surface area contributed by atoms with Gasteiger partial charge in [-0.3, -0.25) is 9.59 Å². The van der Waals surface area contributed by atoms with Gasteiger partial charge in [0.05, 0.1) is 24.4 Å². The molecule has 2 unspecified atom stereocenters. The van der Waals surface area contributed by atoms with Crippen LogP contribution in [-0.4, -0.2) is 122 Å². The molecule has 10 atom stereocenters. The van der Waals surface area contributed by atoms with Gasteiger partial charge >= 0.3 is 41.5 Å². The molecular weight excluding hydrogens is 1240 g/mol. The third-order valence-corrected chi connectivity index (χ3v) is 18.1. The molecule has 0 spiro atoms. The van der Waals surface area contributed by atoms with Gasteiger partial charge in [-0.2, -0.15) is 17.6 Å². The van der Waals surface area contributed by atoms with Crippen LogP contribution in [0.15, 0.2) is 188 Å². The first-order valence-corrected chi connectivity index (χ1v) is 32.4. The zero-order valence-electron chi connectivity index (χ0n) is 51.1. The van der Waals surface area contributed by atoms with Gasteiger partial charge in [-0.25, -0.2) is 0 Å². The van der Waals surface area contributed by atoms with Crippen molar-refractivity contribution in [3.63, 3.8) is 0 Å². The van der Waals surface area contributed by atoms with Crippen LogP contribution in [-0.2, 0) is 19.1 Å². The third kappa shape index (κ3) is 28.5. The van der Waals surface area contributed by atoms with Crippen LogP contribution in [0.4, 0.5) is 17.6 Å². The summed E-state index contributed by atoms with van der Waals surface area (Å²) in [7, 11) is -0.446. The van der Waals surface area contributed by atoms with Crippen molar-refractivity contribution in [1.82, 2.24) is 0 Å². The van der Waals surface area contributed by atoms with E-state index in [0.717, 1.165) is 43.4 Å². The second-order valence-corrected chi connectivity index (χ2v) is 24.8. The largest absolute Gasteiger partial charge is 1.00 e. The Morgan fingerprint density at radius 3 is 1.60 bits per heavy atom. The van der Waals surface area contributed by atoms with Gasteiger partial charge in [0.25, 0.3) is 11.8 Å². The number of fused-ring (bicyclic) bond motifs is 1. The smallest absolute Gasteiger partial charge is 1.00 e. The second-order valence-electron chi connectivity index (χ2n) is 20.9. The van der Waals surface area contributed by atoms with E-state index in [4.69, 9.17) is 30.5 Å². The molecule has 2 saturated heterocycles. The number of carboxylic acids is 2. The second kappa shape index (κ2) is 41.1. The third-order valence-electron chi connectivity index (χ3n) is 14.3. The fourth-order valence-electron chi connectivity index (χ4n) is 10.00. The molecule has 2 aliphatic carbocycles. The van der Waals surface area contributed by atoms with Crippen molar-refractivity contribution in [1.29, 1.82) is 0 Å². The van der Waals surface area contributed by atoms with Crippen molar-refractivity contribution in [2.75, 3.05) is 31.4 Å². The summed E-state index contributed by atoms with van der Waals surface area (Å²) in [6.07, 6.45) is 11.5. The van der Waals surface area contributed by atoms with Gasteiger partial charge in [0.15, 0.2) is 19.5 Å². The Bertz CT molecular complexity index is 2680. The average Bonchev–Trinajstić information content (AvgIpc) is 3.56. The number of hydrogen-bond donors (Lipinski definition) is 6. The van der Waals surface area contributed by atoms with E-state index < -0.39 is 81.4 Å². The first-order chi connectivity index (χ1) is 41.9. The number of thioether (sulfide) groups is 1. The maximum Gasteiger partial charge on any atom is 1.00 e. The fourth-order valence-corrected chi connectivity index (χ4v) is 13.2. The van der Waals surface area contributed by atoms with Gasteiger partial charge in [-0.1, -0.05) is 168 Å². The van der Waals surface area contributed by atoms with E-state index >= 15 is 0 Å². The van der Waals surface area contributed by atoms with E-state index in [0.29, 0.717) is 61.7 Å². The number of carboxylic acid groups (broad SMARTS) is 2. The number of para-hydroxylation sites is 2. The Labute approximate surface area is 548 Å². The standard InChI is InChI=1S/C22H28F2O5.C18H15P.C17H20F2O4.C5H9BrO2.C5H10OS.Na.H/c23-22(24,15-29-16-8-4-3-5-9-16)13-12-18-17(19(25)14-20(18)26)10-6-1-2-7-11-21(27)28;1-4-10-16(11-5-1)19(17-12-6-2-7-13-17)18-14-8-3-9-15-18;18-17(19,10-22-11-4-2-1-3-5-11)7-6-12-13-8-16(21)23-15(13)9-14(12)20;6-4-2-1-3-5(7)8;1-7-5-3-2-4-6-5;;/h1,3-6,8-9,12-13,17-20,25-26H,2,7,10-11,14-15H2,(H,27,28);1-15H;1-7,12-16,20-21H,8-10H2;1-4H2,(H,7,8);5H,2-4H2,1H3;;/q;;;;;+1;-1/b6-1-,13-12+;;7-6+;;;;/t17-,18-,19+,20-;;12-,13-,14-,15+,16?;;;;/m1.1..../s1/i;;;;1D;;. The molecular formula is C67H83BrF4NaO12PS. The molecule has 0 aromatic heterocycles. The molecule has 2 aliphatic heterocycles. The Hall–Kier alpha value is -4.40. The molecule has 0 amide bonds. The summed E-state index contributed by atoms with van der Waals surface area (Å²) in [5, 5.41) is 61.6. The number of aliphatic hydroxyl groups is 4. The fraction of sp³-hybridized carbons (Fsp3) is 0.433. The summed E-state index contributed by atoms with van der Waals surface area (Å²) in [6, 6.07) is 49.1. The number of aliphatic carboxylic acids is 2. The minimum Gasteiger partial charge on any atom is -1.00 e. The Morgan fingerprint density at radius 2 is 1.14 bits per heavy atom. The average molecular weight is 1320 g/mol. The quantitative estimate of drug-likeness (QED) is 0.00855. The summed E-state index contributed by atoms with van der Waals surface area (Å²) < 4.78 is 83.7. The van der Waals surface area contributed by atoms with E-state index in [-0.39, 0.29) is 61.8 Å². The van der Waals surface area contributed by atoms with E-state index in [1.165, 1.54) is 34.5 Å². The van der Waals surface area contributed by atoms with Crippen molar-refractivity contribution >= 4 is 63.5 Å². The number of unbranched alkanes of at least 4 members (excludes halogenated alkanes) is 2. The maximum absolute atomic E-state index is 14.2. The molecule has 2 heterocycles. The normalized spacial score (nSPS) is 23.2. The van der Waals surface area contributed by atoms with Crippen molar-refractivity contribution in [2.24, 2.45) is 23.7 Å². The molecule has 4 aliphatic rings. The van der Waals surface area contributed by atoms with E-state index in [1.807, 2.05) is 12.2 Å². The van der Waals surface area contributed by atoms with Crippen LogP contribution in [0.5, 0.6) is 11.5 Å². The number of rotatable bonds is 24. The zero-order chi connectivity index (χ0) is 62.9. The number of benzene rings is 5. The molecule has 0 bridgehead atoms. The summed E-state index contributed by atoms with van der Waals surface area (Å²) in [4.78, 5) is 20.3. The number of alkyl halides is 5. The van der Waals surface area contributed by atoms with Crippen LogP contribution >= 0.6 is 35.6 Å². The molecule has 87 heavy (non-hydrogen) atoms. The first-order valence-electron chi connectivity index (χ1n) is 29.6. The van der Waals surface area contributed by atoms with Gasteiger partial charge < -0.3 is 51.0 Å². The first kappa shape index (κ1) is 73.3. The zero-order valence-corrected chi connectivity index (χ0v) is 54.4. The molecule has 9 rings (SSSR count). The molecule has 12 nitrogen and oxygen atoms in total. The van der Waals surface area contributed by atoms with E-state index in [9.17, 15) is 47.6 Å². The Balaban J connectivity index is 0.000000310. The SMILES string of the molecule is O=C(O)CCC/C=C\C[C@@H]1[C@@H](/C=C/C(F)(F)COc2ccccc2)[C@H](O)C[C@@H]1O.O=C(O)CCCCBr.OC1C[C@@H]2[C@@H](/C=C/C(F)(F)COc3ccccc3)[C@H](O)C[C@@H]2O1.[2H]CSC1CCCO1.[H-].[Na+].c1ccc(P(c2ccccc2)c2ccccc2)cc1. The number of aliphatic hydroxyl groups excluding tert-OH is 4. The number of allylic oxidation sites excluding steroid dienone is 2. The van der Waals surface area contributed by atoms with Crippen LogP contribution in [0.2, 0.25) is 0 Å². The Kier molecular flexibility index (Phi) is 34.6. The van der Waals surface area contributed by atoms with Crippen molar-refractivity contribution in [3.8, 4) is 11.5 Å². The van der Waals surface area contributed by atoms with Crippen LogP contribution in [0.3, 0.4) is 0 Å². The molecule has 2 saturated carbocycles. The van der Waals surface area contributed by atoms with Crippen LogP contribution < -0.4 is 54.9 Å². The number of halogens is 5. The Morgan fingerprint density at radius 1 is 0.667 bits per heavy atom. The van der Waals surface area contributed by atoms with Gasteiger partial charge in [-0.15, -0.1) is 11.8 Å². The summed E-state index contributed by atoms with van der Waals surface area (Å²) in [5.74, 6) is -8.68. The van der Waals surface area contributed by atoms with Crippen LogP contribution in [0, 0.1) is 23.7 Å². The van der Waals surface area contributed by atoms with Crippen molar-refractivity contribution in [2.45, 2.75) is 125 Å². The monoisotopic (exact) mass is 1320 g/mol. The minimum atomic E-state index is -3.21. The summed E-state index contributed by atoms with van der Waals surface area (Å²) in [6.45, 7) is -0.672. The molecule has 20 heteroatoms. The molecule has 6 N–H and O–H groups in total. The molecule has 0 radical (unpaired) electrons. The minimum absolute atomic E-state index is 0. The number of ether oxygens (including phenoxy) is 4. The molecule has 470 valence electrons. The van der Waals surface area contributed by atoms with Gasteiger partial charge in [0, 0.05) is 57.2 Å². The number of hydrogen-bond acceptors (Lipinski definition) is 11. The van der Waals surface area contributed by atoms with Gasteiger partial charge in [0.1, 0.15) is 16.9 Å². The van der Waals surface area contributed by atoms with Gasteiger partial charge in [0.2, 0.25) is 0 Å². The topological polar surface area (TPSA) is 192 Å². The van der Waals surface area contributed by atoms with E-state index in [2.05, 4.69) is 107 Å². The molecule has 4 fully saturated rings. The maximum atomic E-state index is 14.2. The van der Waals surface area contributed by atoms with Gasteiger partial charge in [-0.05, 0) is 123 Å². The van der Waals surface area contributed by atoms with Crippen LogP contribution in [0.1, 0.15) is 79.8 Å². The van der Waals surface area contributed by atoms with Crippen LogP contribution in [0.25, 0.3) is 0 Å². The number of carbonyl (C=O) groups is 2. The summed E-state index contributed by atoms with van der Waals surface area (Å²) in [5.41, 5.74) is 0.340. The molecule has 5 aromatic carbocycles.